The van der Waals surface area contributed by atoms with E-state index in [9.17, 15) is 8.78 Å². The molecule has 1 N–H and O–H groups in total. The van der Waals surface area contributed by atoms with Crippen LogP contribution in [0, 0.1) is 18.6 Å². The van der Waals surface area contributed by atoms with Gasteiger partial charge in [-0.1, -0.05) is 29.3 Å². The first-order valence-electron chi connectivity index (χ1n) is 6.49. The highest BCUT2D eigenvalue weighted by molar-refractivity contribution is 6.35. The predicted molar refractivity (Wildman–Crippen MR) is 83.1 cm³/mol. The molecule has 0 aromatic heterocycles. The molecule has 0 saturated carbocycles. The largest absolute Gasteiger partial charge is 0.313 e. The van der Waals surface area contributed by atoms with Crippen LogP contribution in [0.3, 0.4) is 0 Å². The summed E-state index contributed by atoms with van der Waals surface area (Å²) in [5, 5.41) is 4.12. The van der Waals surface area contributed by atoms with Gasteiger partial charge in [-0.25, -0.2) is 8.78 Å². The first-order valence-corrected chi connectivity index (χ1v) is 7.24. The second-order valence-corrected chi connectivity index (χ2v) is 5.75. The summed E-state index contributed by atoms with van der Waals surface area (Å²) < 4.78 is 27.4. The van der Waals surface area contributed by atoms with Gasteiger partial charge < -0.3 is 5.32 Å². The maximum absolute atomic E-state index is 14.0. The zero-order chi connectivity index (χ0) is 15.6. The average Bonchev–Trinajstić information content (AvgIpc) is 2.43. The minimum atomic E-state index is -0.567. The molecule has 0 saturated heterocycles. The van der Waals surface area contributed by atoms with Gasteiger partial charge in [-0.15, -0.1) is 0 Å². The average molecular weight is 330 g/mol. The van der Waals surface area contributed by atoms with Gasteiger partial charge in [-0.2, -0.15) is 0 Å². The van der Waals surface area contributed by atoms with E-state index in [4.69, 9.17) is 23.2 Å². The van der Waals surface area contributed by atoms with Crippen molar-refractivity contribution in [3.05, 3.63) is 68.7 Å². The van der Waals surface area contributed by atoms with E-state index in [2.05, 4.69) is 5.32 Å². The molecule has 0 bridgehead atoms. The van der Waals surface area contributed by atoms with E-state index in [-0.39, 0.29) is 6.04 Å². The topological polar surface area (TPSA) is 12.0 Å². The van der Waals surface area contributed by atoms with E-state index in [0.717, 1.165) is 11.6 Å². The van der Waals surface area contributed by atoms with E-state index >= 15 is 0 Å². The summed E-state index contributed by atoms with van der Waals surface area (Å²) in [6.45, 7) is 1.61. The highest BCUT2D eigenvalue weighted by atomic mass is 35.5. The van der Waals surface area contributed by atoms with Crippen LogP contribution in [0.15, 0.2) is 30.3 Å². The maximum Gasteiger partial charge on any atom is 0.130 e. The highest BCUT2D eigenvalue weighted by Crippen LogP contribution is 2.28. The Labute approximate surface area is 132 Å². The Hall–Kier alpha value is -1.16. The molecule has 0 aliphatic heterocycles. The smallest absolute Gasteiger partial charge is 0.130 e. The Kier molecular flexibility index (Phi) is 5.20. The zero-order valence-corrected chi connectivity index (χ0v) is 13.2. The number of rotatable bonds is 4. The molecule has 2 rings (SSSR count). The number of hydrogen-bond donors (Lipinski definition) is 1. The number of nitrogens with one attached hydrogen (secondary N) is 1. The third kappa shape index (κ3) is 3.73. The third-order valence-electron chi connectivity index (χ3n) is 3.44. The normalized spacial score (nSPS) is 12.5. The molecule has 0 radical (unpaired) electrons. The summed E-state index contributed by atoms with van der Waals surface area (Å²) in [6.07, 6.45) is 0.481. The molecule has 2 aromatic carbocycles. The zero-order valence-electron chi connectivity index (χ0n) is 11.7. The van der Waals surface area contributed by atoms with Crippen molar-refractivity contribution in [1.29, 1.82) is 0 Å². The predicted octanol–water partition coefficient (Wildman–Crippen LogP) is 5.08. The molecular weight excluding hydrogens is 315 g/mol. The summed E-state index contributed by atoms with van der Waals surface area (Å²) in [5.74, 6) is -1.11. The molecule has 0 amide bonds. The van der Waals surface area contributed by atoms with Crippen molar-refractivity contribution in [3.8, 4) is 0 Å². The third-order valence-corrected chi connectivity index (χ3v) is 4.03. The van der Waals surface area contributed by atoms with E-state index < -0.39 is 11.6 Å². The number of hydrogen-bond acceptors (Lipinski definition) is 1. The summed E-state index contributed by atoms with van der Waals surface area (Å²) >= 11 is 12.0. The maximum atomic E-state index is 14.0. The van der Waals surface area contributed by atoms with Gasteiger partial charge in [0.15, 0.2) is 0 Å². The van der Waals surface area contributed by atoms with E-state index in [1.807, 2.05) is 6.07 Å². The second-order valence-electron chi connectivity index (χ2n) is 4.90. The van der Waals surface area contributed by atoms with Crippen molar-refractivity contribution in [2.45, 2.75) is 19.4 Å². The standard InChI is InChI=1S/C16H15Cl2F2N/c1-9-5-12(15(20)8-14(9)19)16(21-2)6-10-3-4-11(17)7-13(10)18/h3-5,7-8,16,21H,6H2,1-2H3. The van der Waals surface area contributed by atoms with Gasteiger partial charge in [0.2, 0.25) is 0 Å². The van der Waals surface area contributed by atoms with Crippen molar-refractivity contribution in [3.63, 3.8) is 0 Å². The second kappa shape index (κ2) is 6.73. The van der Waals surface area contributed by atoms with Crippen LogP contribution in [0.5, 0.6) is 0 Å². The lowest BCUT2D eigenvalue weighted by atomic mass is 9.97. The molecule has 0 aliphatic rings. The SMILES string of the molecule is CNC(Cc1ccc(Cl)cc1Cl)c1cc(C)c(F)cc1F. The lowest BCUT2D eigenvalue weighted by molar-refractivity contribution is 0.519. The lowest BCUT2D eigenvalue weighted by Crippen LogP contribution is -2.20. The molecule has 1 unspecified atom stereocenters. The number of halogens is 4. The fraction of sp³-hybridized carbons (Fsp3) is 0.250. The van der Waals surface area contributed by atoms with E-state index in [1.165, 1.54) is 6.07 Å². The molecule has 21 heavy (non-hydrogen) atoms. The van der Waals surface area contributed by atoms with Crippen LogP contribution in [-0.4, -0.2) is 7.05 Å². The first-order chi connectivity index (χ1) is 9.92. The van der Waals surface area contributed by atoms with Crippen molar-refractivity contribution in [2.75, 3.05) is 7.05 Å². The Balaban J connectivity index is 2.34. The molecular formula is C16H15Cl2F2N. The van der Waals surface area contributed by atoms with Crippen molar-refractivity contribution in [1.82, 2.24) is 5.32 Å². The van der Waals surface area contributed by atoms with Gasteiger partial charge >= 0.3 is 0 Å². The van der Waals surface area contributed by atoms with Gasteiger partial charge in [-0.05, 0) is 49.7 Å². The van der Waals surface area contributed by atoms with Crippen LogP contribution in [0.1, 0.15) is 22.7 Å². The van der Waals surface area contributed by atoms with Crippen LogP contribution < -0.4 is 5.32 Å². The number of benzene rings is 2. The summed E-state index contributed by atoms with van der Waals surface area (Å²) in [6, 6.07) is 7.33. The van der Waals surface area contributed by atoms with Gasteiger partial charge in [0.25, 0.3) is 0 Å². The van der Waals surface area contributed by atoms with E-state index in [0.29, 0.717) is 27.6 Å². The van der Waals surface area contributed by atoms with Crippen molar-refractivity contribution in [2.24, 2.45) is 0 Å². The lowest BCUT2D eigenvalue weighted by Gasteiger charge is -2.19. The van der Waals surface area contributed by atoms with Crippen LogP contribution in [0.4, 0.5) is 8.78 Å². The van der Waals surface area contributed by atoms with Crippen LogP contribution >= 0.6 is 23.2 Å². The summed E-state index contributed by atoms with van der Waals surface area (Å²) in [7, 11) is 1.73. The molecule has 1 atom stereocenters. The Morgan fingerprint density at radius 2 is 1.81 bits per heavy atom. The van der Waals surface area contributed by atoms with Crippen molar-refractivity contribution < 1.29 is 8.78 Å². The molecule has 112 valence electrons. The number of aryl methyl sites for hydroxylation is 1. The number of likely N-dealkylation sites (N-methyl/N-ethyl adjacent to an activating group) is 1. The molecule has 2 aromatic rings. The minimum Gasteiger partial charge on any atom is -0.313 e. The molecule has 1 nitrogen and oxygen atoms in total. The molecule has 0 spiro atoms. The molecule has 0 heterocycles. The first kappa shape index (κ1) is 16.2. The fourth-order valence-corrected chi connectivity index (χ4v) is 2.71. The molecule has 5 heteroatoms. The van der Waals surface area contributed by atoms with E-state index in [1.54, 1.807) is 26.1 Å². The Morgan fingerprint density at radius 3 is 2.43 bits per heavy atom. The van der Waals surface area contributed by atoms with Crippen LogP contribution in [0.25, 0.3) is 0 Å². The highest BCUT2D eigenvalue weighted by Gasteiger charge is 2.18. The molecule has 0 fully saturated rings. The minimum absolute atomic E-state index is 0.303. The fourth-order valence-electron chi connectivity index (χ4n) is 2.22. The summed E-state index contributed by atoms with van der Waals surface area (Å²) in [4.78, 5) is 0. The van der Waals surface area contributed by atoms with Gasteiger partial charge in [-0.3, -0.25) is 0 Å². The van der Waals surface area contributed by atoms with Gasteiger partial charge in [0.1, 0.15) is 11.6 Å². The monoisotopic (exact) mass is 329 g/mol. The van der Waals surface area contributed by atoms with Gasteiger partial charge in [0.05, 0.1) is 0 Å². The summed E-state index contributed by atoms with van der Waals surface area (Å²) in [5.41, 5.74) is 1.68. The molecule has 0 aliphatic carbocycles. The Morgan fingerprint density at radius 1 is 1.10 bits per heavy atom. The van der Waals surface area contributed by atoms with Crippen molar-refractivity contribution >= 4 is 23.2 Å². The quantitative estimate of drug-likeness (QED) is 0.824. The van der Waals surface area contributed by atoms with Crippen LogP contribution in [-0.2, 0) is 6.42 Å². The van der Waals surface area contributed by atoms with Gasteiger partial charge in [0, 0.05) is 27.7 Å². The van der Waals surface area contributed by atoms with Crippen LogP contribution in [0.2, 0.25) is 10.0 Å². The Bertz CT molecular complexity index is 659.